The van der Waals surface area contributed by atoms with Crippen LogP contribution in [0.1, 0.15) is 24.8 Å². The lowest BCUT2D eigenvalue weighted by molar-refractivity contribution is 0.00222. The smallest absolute Gasteiger partial charge is 0.319 e. The number of rotatable bonds is 7. The molecular weight excluding hydrogens is 368 g/mol. The maximum atomic E-state index is 12.6. The third-order valence-electron chi connectivity index (χ3n) is 6.29. The van der Waals surface area contributed by atoms with Crippen LogP contribution in [0.25, 0.3) is 0 Å². The van der Waals surface area contributed by atoms with Gasteiger partial charge < -0.3 is 20.1 Å². The lowest BCUT2D eigenvalue weighted by atomic mass is 9.97. The van der Waals surface area contributed by atoms with E-state index in [1.54, 1.807) is 0 Å². The third kappa shape index (κ3) is 5.92. The highest BCUT2D eigenvalue weighted by molar-refractivity contribution is 5.89. The highest BCUT2D eigenvalue weighted by Gasteiger charge is 2.31. The summed E-state index contributed by atoms with van der Waals surface area (Å²) in [6.07, 6.45) is 3.64. The zero-order valence-electron chi connectivity index (χ0n) is 17.3. The fourth-order valence-electron chi connectivity index (χ4n) is 4.68. The van der Waals surface area contributed by atoms with Crippen molar-refractivity contribution in [2.75, 3.05) is 64.5 Å². The molecule has 0 unspecified atom stereocenters. The van der Waals surface area contributed by atoms with Gasteiger partial charge in [-0.25, -0.2) is 4.79 Å². The topological polar surface area (TPSA) is 66.1 Å². The minimum absolute atomic E-state index is 0.138. The molecule has 0 saturated carbocycles. The number of nitrogens with zero attached hydrogens (tertiary/aromatic N) is 2. The number of morpholine rings is 1. The number of hydrogen-bond donors (Lipinski definition) is 2. The second kappa shape index (κ2) is 10.4. The quantitative estimate of drug-likeness (QED) is 0.732. The van der Waals surface area contributed by atoms with Gasteiger partial charge in [-0.2, -0.15) is 0 Å². The molecule has 1 aromatic carbocycles. The summed E-state index contributed by atoms with van der Waals surface area (Å²) in [4.78, 5) is 17.5. The zero-order chi connectivity index (χ0) is 19.9. The fourth-order valence-corrected chi connectivity index (χ4v) is 4.68. The number of nitrogens with one attached hydrogen (secondary N) is 2. The van der Waals surface area contributed by atoms with Crippen molar-refractivity contribution in [2.45, 2.75) is 31.8 Å². The van der Waals surface area contributed by atoms with Crippen molar-refractivity contribution in [3.8, 4) is 0 Å². The summed E-state index contributed by atoms with van der Waals surface area (Å²) in [6, 6.07) is 8.36. The Morgan fingerprint density at radius 3 is 2.69 bits per heavy atom. The first-order valence-corrected chi connectivity index (χ1v) is 11.0. The molecule has 29 heavy (non-hydrogen) atoms. The molecule has 4 rings (SSSR count). The molecule has 3 aliphatic heterocycles. The van der Waals surface area contributed by atoms with Gasteiger partial charge >= 0.3 is 6.03 Å². The molecule has 160 valence electrons. The molecule has 0 bridgehead atoms. The Morgan fingerprint density at radius 1 is 1.10 bits per heavy atom. The minimum Gasteiger partial charge on any atom is -0.381 e. The van der Waals surface area contributed by atoms with Crippen molar-refractivity contribution in [1.82, 2.24) is 15.1 Å². The maximum absolute atomic E-state index is 12.6. The molecule has 3 saturated heterocycles. The number of likely N-dealkylation sites (tertiary alicyclic amines) is 1. The van der Waals surface area contributed by atoms with E-state index in [0.717, 1.165) is 58.2 Å². The Kier molecular flexibility index (Phi) is 7.38. The summed E-state index contributed by atoms with van der Waals surface area (Å²) < 4.78 is 11.1. The van der Waals surface area contributed by atoms with Crippen LogP contribution >= 0.6 is 0 Å². The van der Waals surface area contributed by atoms with E-state index in [4.69, 9.17) is 9.47 Å². The average molecular weight is 403 g/mol. The number of carbonyl (C=O) groups is 1. The second-order valence-corrected chi connectivity index (χ2v) is 8.36. The Balaban J connectivity index is 1.29. The summed E-state index contributed by atoms with van der Waals surface area (Å²) in [5.41, 5.74) is 2.10. The SMILES string of the molecule is O=C(NC[C@@H]([C@@H]1CCOC1)N1CCOCC1)Nc1cccc(CN2CCCC2)c1. The van der Waals surface area contributed by atoms with E-state index in [0.29, 0.717) is 18.5 Å². The van der Waals surface area contributed by atoms with Crippen molar-refractivity contribution < 1.29 is 14.3 Å². The Bertz CT molecular complexity index is 653. The monoisotopic (exact) mass is 402 g/mol. The van der Waals surface area contributed by atoms with Crippen LogP contribution in [-0.4, -0.2) is 81.0 Å². The van der Waals surface area contributed by atoms with Gasteiger partial charge in [0, 0.05) is 50.4 Å². The summed E-state index contributed by atoms with van der Waals surface area (Å²) in [5, 5.41) is 6.11. The average Bonchev–Trinajstić information content (AvgIpc) is 3.44. The normalized spacial score (nSPS) is 24.5. The number of carbonyl (C=O) groups excluding carboxylic acids is 1. The van der Waals surface area contributed by atoms with Crippen LogP contribution in [0.15, 0.2) is 24.3 Å². The number of anilines is 1. The van der Waals surface area contributed by atoms with Gasteiger partial charge in [0.25, 0.3) is 0 Å². The van der Waals surface area contributed by atoms with Crippen LogP contribution in [0.2, 0.25) is 0 Å². The summed E-state index contributed by atoms with van der Waals surface area (Å²) in [6.45, 7) is 8.90. The van der Waals surface area contributed by atoms with E-state index < -0.39 is 0 Å². The zero-order valence-corrected chi connectivity index (χ0v) is 17.3. The highest BCUT2D eigenvalue weighted by atomic mass is 16.5. The van der Waals surface area contributed by atoms with Gasteiger partial charge in [-0.3, -0.25) is 9.80 Å². The predicted octanol–water partition coefficient (Wildman–Crippen LogP) is 2.14. The Labute approximate surface area is 173 Å². The van der Waals surface area contributed by atoms with Crippen molar-refractivity contribution in [3.63, 3.8) is 0 Å². The largest absolute Gasteiger partial charge is 0.381 e. The van der Waals surface area contributed by atoms with Crippen molar-refractivity contribution in [3.05, 3.63) is 29.8 Å². The number of amides is 2. The molecular formula is C22H34N4O3. The Hall–Kier alpha value is -1.67. The number of ether oxygens (including phenoxy) is 2. The van der Waals surface area contributed by atoms with Gasteiger partial charge in [0.15, 0.2) is 0 Å². The van der Waals surface area contributed by atoms with E-state index in [-0.39, 0.29) is 6.03 Å². The van der Waals surface area contributed by atoms with E-state index in [9.17, 15) is 4.79 Å². The van der Waals surface area contributed by atoms with Crippen LogP contribution in [0, 0.1) is 5.92 Å². The van der Waals surface area contributed by atoms with Crippen LogP contribution in [0.5, 0.6) is 0 Å². The fraction of sp³-hybridized carbons (Fsp3) is 0.682. The molecule has 0 aliphatic carbocycles. The number of hydrogen-bond acceptors (Lipinski definition) is 5. The third-order valence-corrected chi connectivity index (χ3v) is 6.29. The van der Waals surface area contributed by atoms with Crippen molar-refractivity contribution in [1.29, 1.82) is 0 Å². The van der Waals surface area contributed by atoms with Gasteiger partial charge in [-0.15, -0.1) is 0 Å². The number of benzene rings is 1. The molecule has 3 heterocycles. The van der Waals surface area contributed by atoms with Gasteiger partial charge in [0.05, 0.1) is 19.8 Å². The van der Waals surface area contributed by atoms with Crippen molar-refractivity contribution >= 4 is 11.7 Å². The van der Waals surface area contributed by atoms with Gasteiger partial charge in [0.2, 0.25) is 0 Å². The van der Waals surface area contributed by atoms with Crippen LogP contribution in [0.3, 0.4) is 0 Å². The van der Waals surface area contributed by atoms with Gasteiger partial charge in [0.1, 0.15) is 0 Å². The summed E-state index contributed by atoms with van der Waals surface area (Å²) in [7, 11) is 0. The van der Waals surface area contributed by atoms with Gasteiger partial charge in [-0.05, 0) is 50.0 Å². The highest BCUT2D eigenvalue weighted by Crippen LogP contribution is 2.22. The van der Waals surface area contributed by atoms with E-state index in [1.165, 1.54) is 31.5 Å². The molecule has 7 nitrogen and oxygen atoms in total. The van der Waals surface area contributed by atoms with E-state index in [2.05, 4.69) is 32.6 Å². The predicted molar refractivity (Wildman–Crippen MR) is 113 cm³/mol. The maximum Gasteiger partial charge on any atom is 0.319 e. The Morgan fingerprint density at radius 2 is 1.93 bits per heavy atom. The molecule has 1 aromatic rings. The summed E-state index contributed by atoms with van der Waals surface area (Å²) in [5.74, 6) is 0.470. The van der Waals surface area contributed by atoms with E-state index >= 15 is 0 Å². The van der Waals surface area contributed by atoms with Gasteiger partial charge in [-0.1, -0.05) is 12.1 Å². The van der Waals surface area contributed by atoms with E-state index in [1.807, 2.05) is 12.1 Å². The van der Waals surface area contributed by atoms with Crippen molar-refractivity contribution in [2.24, 2.45) is 5.92 Å². The summed E-state index contributed by atoms with van der Waals surface area (Å²) >= 11 is 0. The molecule has 2 atom stereocenters. The first-order valence-electron chi connectivity index (χ1n) is 11.0. The number of urea groups is 1. The standard InChI is InChI=1S/C22H34N4O3/c27-22(24-20-5-3-4-18(14-20)16-25-7-1-2-8-25)23-15-21(19-6-11-29-17-19)26-9-12-28-13-10-26/h3-5,14,19,21H,1-2,6-13,15-17H2,(H2,23,24,27)/t19-,21+/m1/s1. The lowest BCUT2D eigenvalue weighted by Crippen LogP contribution is -2.52. The molecule has 3 aliphatic rings. The molecule has 2 amide bonds. The molecule has 0 radical (unpaired) electrons. The molecule has 0 spiro atoms. The molecule has 0 aromatic heterocycles. The molecule has 2 N–H and O–H groups in total. The molecule has 3 fully saturated rings. The van der Waals surface area contributed by atoms with Crippen LogP contribution in [-0.2, 0) is 16.0 Å². The second-order valence-electron chi connectivity index (χ2n) is 8.36. The van der Waals surface area contributed by atoms with Crippen LogP contribution < -0.4 is 10.6 Å². The molecule has 7 heteroatoms. The lowest BCUT2D eigenvalue weighted by Gasteiger charge is -2.37. The minimum atomic E-state index is -0.138. The first-order chi connectivity index (χ1) is 14.3. The van der Waals surface area contributed by atoms with Crippen LogP contribution in [0.4, 0.5) is 10.5 Å². The first kappa shape index (κ1) is 20.6.